The average molecular weight is 216 g/mol. The Morgan fingerprint density at radius 1 is 1.07 bits per heavy atom. The normalized spacial score (nSPS) is 18.5. The molecule has 0 N–H and O–H groups in total. The van der Waals surface area contributed by atoms with Crippen LogP contribution in [-0.4, -0.2) is 59.4 Å². The van der Waals surface area contributed by atoms with Gasteiger partial charge in [0.05, 0.1) is 0 Å². The largest absolute Gasteiger partial charge is 0.378 e. The molecule has 0 bridgehead atoms. The van der Waals surface area contributed by atoms with E-state index in [2.05, 4.69) is 4.84 Å². The third-order valence-corrected chi connectivity index (χ3v) is 1.99. The number of imide groups is 1. The fourth-order valence-corrected chi connectivity index (χ4v) is 1.00. The van der Waals surface area contributed by atoms with Crippen LogP contribution in [0.3, 0.4) is 0 Å². The van der Waals surface area contributed by atoms with Gasteiger partial charge in [0.15, 0.2) is 0 Å². The van der Waals surface area contributed by atoms with Crippen molar-refractivity contribution in [2.75, 3.05) is 21.1 Å². The predicted molar refractivity (Wildman–Crippen MR) is 47.7 cm³/mol. The lowest BCUT2D eigenvalue weighted by atomic mass is 10.7. The molecule has 8 nitrogen and oxygen atoms in total. The van der Waals surface area contributed by atoms with Gasteiger partial charge in [0.1, 0.15) is 0 Å². The number of hydrogen-bond acceptors (Lipinski definition) is 5. The number of amides is 4. The Morgan fingerprint density at radius 2 is 1.47 bits per heavy atom. The third kappa shape index (κ3) is 1.84. The lowest BCUT2D eigenvalue weighted by Gasteiger charge is -2.42. The van der Waals surface area contributed by atoms with Crippen LogP contribution in [0.5, 0.6) is 0 Å². The predicted octanol–water partition coefficient (Wildman–Crippen LogP) is -0.354. The molecule has 15 heavy (non-hydrogen) atoms. The number of carbonyl (C=O) groups excluding carboxylic acids is 3. The Balaban J connectivity index is 2.92. The van der Waals surface area contributed by atoms with Crippen LogP contribution in [0.15, 0.2) is 0 Å². The van der Waals surface area contributed by atoms with Crippen molar-refractivity contribution in [3.8, 4) is 0 Å². The van der Waals surface area contributed by atoms with E-state index in [1.54, 1.807) is 0 Å². The van der Waals surface area contributed by atoms with E-state index in [9.17, 15) is 14.4 Å². The number of urea groups is 2. The summed E-state index contributed by atoms with van der Waals surface area (Å²) in [4.78, 5) is 38.2. The molecular weight excluding hydrogens is 204 g/mol. The van der Waals surface area contributed by atoms with Gasteiger partial charge in [-0.15, -0.1) is 5.12 Å². The molecule has 8 heteroatoms. The molecule has 1 aliphatic heterocycles. The van der Waals surface area contributed by atoms with E-state index >= 15 is 0 Å². The van der Waals surface area contributed by atoms with Crippen LogP contribution < -0.4 is 0 Å². The Morgan fingerprint density at radius 3 is 1.80 bits per heavy atom. The second-order valence-corrected chi connectivity index (χ2v) is 2.98. The highest BCUT2D eigenvalue weighted by molar-refractivity contribution is 5.94. The van der Waals surface area contributed by atoms with Gasteiger partial charge >= 0.3 is 18.0 Å². The quantitative estimate of drug-likeness (QED) is 0.598. The van der Waals surface area contributed by atoms with Crippen molar-refractivity contribution in [3.63, 3.8) is 0 Å². The van der Waals surface area contributed by atoms with E-state index in [1.165, 1.54) is 26.3 Å². The molecule has 4 amide bonds. The first-order valence-electron chi connectivity index (χ1n) is 4.14. The average Bonchev–Trinajstić information content (AvgIpc) is 2.18. The molecule has 0 spiro atoms. The molecule has 1 aliphatic rings. The fraction of sp³-hybridized carbons (Fsp3) is 0.571. The SMILES string of the molecule is CC(=O)ON1C(=O)N(C)N(C)N(C)C1=O. The summed E-state index contributed by atoms with van der Waals surface area (Å²) in [6, 6.07) is -1.45. The molecule has 0 aromatic rings. The molecule has 84 valence electrons. The first-order valence-corrected chi connectivity index (χ1v) is 4.14. The molecule has 0 aliphatic carbocycles. The van der Waals surface area contributed by atoms with E-state index in [-0.39, 0.29) is 0 Å². The molecule has 0 aromatic heterocycles. The lowest BCUT2D eigenvalue weighted by molar-refractivity contribution is -0.193. The van der Waals surface area contributed by atoms with Gasteiger partial charge in [-0.25, -0.2) is 24.4 Å². The van der Waals surface area contributed by atoms with Gasteiger partial charge in [-0.1, -0.05) is 5.06 Å². The number of hydrazine groups is 2. The maximum absolute atomic E-state index is 11.5. The second kappa shape index (κ2) is 3.73. The fourth-order valence-electron chi connectivity index (χ4n) is 1.00. The molecular formula is C7H12N4O4. The summed E-state index contributed by atoms with van der Waals surface area (Å²) in [6.45, 7) is 1.11. The van der Waals surface area contributed by atoms with Gasteiger partial charge in [0, 0.05) is 28.1 Å². The summed E-state index contributed by atoms with van der Waals surface area (Å²) in [5.41, 5.74) is 0. The van der Waals surface area contributed by atoms with Crippen molar-refractivity contribution < 1.29 is 19.2 Å². The van der Waals surface area contributed by atoms with Crippen LogP contribution in [-0.2, 0) is 9.63 Å². The lowest BCUT2D eigenvalue weighted by Crippen LogP contribution is -2.65. The van der Waals surface area contributed by atoms with E-state index in [0.29, 0.717) is 5.06 Å². The summed E-state index contributed by atoms with van der Waals surface area (Å²) in [6.07, 6.45) is 0. The first kappa shape index (κ1) is 11.2. The summed E-state index contributed by atoms with van der Waals surface area (Å²) in [5.74, 6) is -0.733. The van der Waals surface area contributed by atoms with Crippen LogP contribution in [0.4, 0.5) is 9.59 Å². The van der Waals surface area contributed by atoms with E-state index in [0.717, 1.165) is 16.9 Å². The zero-order valence-corrected chi connectivity index (χ0v) is 8.92. The summed E-state index contributed by atoms with van der Waals surface area (Å²) in [7, 11) is 4.42. The molecule has 0 atom stereocenters. The minimum atomic E-state index is -0.733. The third-order valence-electron chi connectivity index (χ3n) is 1.99. The maximum atomic E-state index is 11.5. The Bertz CT molecular complexity index is 296. The van der Waals surface area contributed by atoms with Crippen molar-refractivity contribution in [2.24, 2.45) is 0 Å². The molecule has 1 saturated heterocycles. The molecule has 1 fully saturated rings. The smallest absolute Gasteiger partial charge is 0.328 e. The van der Waals surface area contributed by atoms with Gasteiger partial charge in [0.25, 0.3) is 0 Å². The van der Waals surface area contributed by atoms with E-state index in [4.69, 9.17) is 0 Å². The highest BCUT2D eigenvalue weighted by atomic mass is 16.7. The zero-order valence-electron chi connectivity index (χ0n) is 8.92. The molecule has 0 aromatic carbocycles. The highest BCUT2D eigenvalue weighted by Gasteiger charge is 2.40. The number of hydroxylamine groups is 2. The van der Waals surface area contributed by atoms with Gasteiger partial charge in [0.2, 0.25) is 0 Å². The topological polar surface area (TPSA) is 73.4 Å². The van der Waals surface area contributed by atoms with Gasteiger partial charge < -0.3 is 4.84 Å². The van der Waals surface area contributed by atoms with Crippen molar-refractivity contribution >= 4 is 18.0 Å². The molecule has 0 unspecified atom stereocenters. The van der Waals surface area contributed by atoms with Crippen LogP contribution >= 0.6 is 0 Å². The van der Waals surface area contributed by atoms with Gasteiger partial charge in [-0.2, -0.15) is 0 Å². The molecule has 1 heterocycles. The van der Waals surface area contributed by atoms with Gasteiger partial charge in [-0.3, -0.25) is 0 Å². The van der Waals surface area contributed by atoms with Crippen LogP contribution in [0.25, 0.3) is 0 Å². The minimum absolute atomic E-state index is 0.405. The van der Waals surface area contributed by atoms with Crippen LogP contribution in [0.1, 0.15) is 6.92 Å². The molecule has 1 rings (SSSR count). The summed E-state index contributed by atoms with van der Waals surface area (Å²) < 4.78 is 0. The molecule has 0 radical (unpaired) electrons. The second-order valence-electron chi connectivity index (χ2n) is 2.98. The monoisotopic (exact) mass is 216 g/mol. The van der Waals surface area contributed by atoms with E-state index in [1.807, 2.05) is 0 Å². The minimum Gasteiger partial charge on any atom is -0.328 e. The maximum Gasteiger partial charge on any atom is 0.378 e. The first-order chi connectivity index (χ1) is 6.86. The van der Waals surface area contributed by atoms with Crippen molar-refractivity contribution in [1.82, 2.24) is 20.2 Å². The Labute approximate surface area is 86.5 Å². The van der Waals surface area contributed by atoms with Crippen LogP contribution in [0, 0.1) is 0 Å². The number of rotatable bonds is 1. The van der Waals surface area contributed by atoms with Crippen molar-refractivity contribution in [1.29, 1.82) is 0 Å². The Kier molecular flexibility index (Phi) is 2.80. The van der Waals surface area contributed by atoms with Gasteiger partial charge in [-0.05, 0) is 0 Å². The number of nitrogens with zero attached hydrogens (tertiary/aromatic N) is 4. The van der Waals surface area contributed by atoms with Crippen molar-refractivity contribution in [2.45, 2.75) is 6.92 Å². The van der Waals surface area contributed by atoms with E-state index < -0.39 is 18.0 Å². The number of carbonyl (C=O) groups is 3. The van der Waals surface area contributed by atoms with Crippen molar-refractivity contribution in [3.05, 3.63) is 0 Å². The van der Waals surface area contributed by atoms with Crippen LogP contribution in [0.2, 0.25) is 0 Å². The zero-order chi connectivity index (χ0) is 11.7. The standard InChI is InChI=1S/C7H12N4O4/c1-5(12)15-11-6(13)8(2)10(4)9(3)7(11)14/h1-4H3. The Hall–Kier alpha value is -1.83. The summed E-state index contributed by atoms with van der Waals surface area (Å²) in [5, 5.41) is 3.96. The summed E-state index contributed by atoms with van der Waals surface area (Å²) >= 11 is 0. The molecule has 0 saturated carbocycles. The number of hydrogen-bond donors (Lipinski definition) is 0. The highest BCUT2D eigenvalue weighted by Crippen LogP contribution is 2.13.